The molecule has 0 atom stereocenters. The molecule has 0 saturated carbocycles. The molecule has 2 aliphatic carbocycles. The van der Waals surface area contributed by atoms with Gasteiger partial charge in [0, 0.05) is 22.3 Å². The Bertz CT molecular complexity index is 1130. The fourth-order valence-corrected chi connectivity index (χ4v) is 5.18. The van der Waals surface area contributed by atoms with E-state index in [-0.39, 0.29) is 0 Å². The minimum absolute atomic E-state index is 1.15. The maximum Gasteiger partial charge on any atom is 0.0732 e. The third-order valence-corrected chi connectivity index (χ3v) is 6.27. The van der Waals surface area contributed by atoms with Crippen LogP contribution in [0.25, 0.3) is 28.0 Å². The molecule has 2 aliphatic rings. The Morgan fingerprint density at radius 1 is 0.692 bits per heavy atom. The zero-order valence-corrected chi connectivity index (χ0v) is 14.9. The van der Waals surface area contributed by atoms with E-state index in [1.807, 2.05) is 0 Å². The maximum absolute atomic E-state index is 3.77. The lowest BCUT2D eigenvalue weighted by atomic mass is 9.87. The van der Waals surface area contributed by atoms with Gasteiger partial charge in [-0.05, 0) is 73.4 Å². The Morgan fingerprint density at radius 3 is 2.38 bits per heavy atom. The highest BCUT2D eigenvalue weighted by Gasteiger charge is 2.31. The zero-order chi connectivity index (χ0) is 17.1. The molecule has 128 valence electrons. The number of nitrogens with zero attached hydrogens (tertiary/aromatic N) is 1. The van der Waals surface area contributed by atoms with E-state index in [4.69, 9.17) is 0 Å². The van der Waals surface area contributed by atoms with Crippen LogP contribution in [0.3, 0.4) is 0 Å². The molecule has 4 aromatic rings. The monoisotopic (exact) mass is 338 g/mol. The van der Waals surface area contributed by atoms with Gasteiger partial charge in [0.15, 0.2) is 0 Å². The summed E-state index contributed by atoms with van der Waals surface area (Å²) >= 11 is 0. The lowest BCUT2D eigenvalue weighted by Crippen LogP contribution is -2.08. The molecular formula is C24H22N2. The number of hydrogen-bond donors (Lipinski definition) is 1. The second kappa shape index (κ2) is 5.38. The Labute approximate surface area is 153 Å². The number of fused-ring (bicyclic) bond motifs is 7. The van der Waals surface area contributed by atoms with Gasteiger partial charge in [-0.25, -0.2) is 0 Å². The van der Waals surface area contributed by atoms with Crippen LogP contribution in [0, 0.1) is 0 Å². The summed E-state index contributed by atoms with van der Waals surface area (Å²) < 4.78 is 2.57. The van der Waals surface area contributed by atoms with E-state index in [2.05, 4.69) is 64.1 Å². The molecule has 6 rings (SSSR count). The number of H-pyrrole nitrogens is 1. The first-order valence-corrected chi connectivity index (χ1v) is 9.82. The summed E-state index contributed by atoms with van der Waals surface area (Å²) in [5.41, 5.74) is 11.6. The molecule has 2 nitrogen and oxygen atoms in total. The fourth-order valence-electron chi connectivity index (χ4n) is 5.18. The highest BCUT2D eigenvalue weighted by molar-refractivity contribution is 5.92. The summed E-state index contributed by atoms with van der Waals surface area (Å²) in [6.45, 7) is 0. The van der Waals surface area contributed by atoms with Crippen molar-refractivity contribution in [3.05, 3.63) is 77.0 Å². The minimum atomic E-state index is 1.15. The summed E-state index contributed by atoms with van der Waals surface area (Å²) in [5.74, 6) is 0. The number of aromatic amines is 1. The number of rotatable bonds is 1. The average Bonchev–Trinajstić information content (AvgIpc) is 3.24. The van der Waals surface area contributed by atoms with E-state index >= 15 is 0 Å². The second-order valence-electron chi connectivity index (χ2n) is 7.65. The molecular weight excluding hydrogens is 316 g/mol. The van der Waals surface area contributed by atoms with Crippen LogP contribution in [0.5, 0.6) is 0 Å². The quantitative estimate of drug-likeness (QED) is 0.466. The first-order valence-electron chi connectivity index (χ1n) is 9.82. The number of para-hydroxylation sites is 2. The molecule has 0 bridgehead atoms. The van der Waals surface area contributed by atoms with Gasteiger partial charge >= 0.3 is 0 Å². The van der Waals surface area contributed by atoms with Crippen molar-refractivity contribution >= 4 is 10.9 Å². The molecule has 0 radical (unpaired) electrons. The van der Waals surface area contributed by atoms with E-state index in [1.165, 1.54) is 65.6 Å². The second-order valence-corrected chi connectivity index (χ2v) is 7.65. The molecule has 2 aromatic carbocycles. The van der Waals surface area contributed by atoms with Crippen molar-refractivity contribution in [2.75, 3.05) is 0 Å². The molecule has 0 spiro atoms. The van der Waals surface area contributed by atoms with Crippen LogP contribution in [0.15, 0.2) is 54.6 Å². The highest BCUT2D eigenvalue weighted by Crippen LogP contribution is 2.44. The van der Waals surface area contributed by atoms with E-state index in [0.29, 0.717) is 0 Å². The van der Waals surface area contributed by atoms with Gasteiger partial charge in [0.05, 0.1) is 11.4 Å². The maximum atomic E-state index is 3.77. The molecule has 0 unspecified atom stereocenters. The molecule has 0 aliphatic heterocycles. The van der Waals surface area contributed by atoms with Gasteiger partial charge < -0.3 is 9.55 Å². The third-order valence-electron chi connectivity index (χ3n) is 6.27. The van der Waals surface area contributed by atoms with Crippen molar-refractivity contribution in [3.63, 3.8) is 0 Å². The van der Waals surface area contributed by atoms with Gasteiger partial charge in [0.2, 0.25) is 0 Å². The average molecular weight is 338 g/mol. The predicted octanol–water partition coefficient (Wildman–Crippen LogP) is 5.60. The van der Waals surface area contributed by atoms with Crippen LogP contribution >= 0.6 is 0 Å². The molecule has 1 N–H and O–H groups in total. The van der Waals surface area contributed by atoms with Crippen LogP contribution in [0.1, 0.15) is 35.2 Å². The first kappa shape index (κ1) is 14.4. The third kappa shape index (κ3) is 1.87. The highest BCUT2D eigenvalue weighted by atomic mass is 15.0. The Balaban J connectivity index is 1.72. The zero-order valence-electron chi connectivity index (χ0n) is 14.9. The van der Waals surface area contributed by atoms with E-state index in [0.717, 1.165) is 6.42 Å². The van der Waals surface area contributed by atoms with Crippen LogP contribution in [-0.2, 0) is 25.7 Å². The molecule has 2 aromatic heterocycles. The number of nitrogens with one attached hydrogen (secondary N) is 1. The number of aryl methyl sites for hydroxylation is 1. The molecule has 0 saturated heterocycles. The topological polar surface area (TPSA) is 20.7 Å². The molecule has 26 heavy (non-hydrogen) atoms. The smallest absolute Gasteiger partial charge is 0.0732 e. The molecule has 0 amide bonds. The van der Waals surface area contributed by atoms with Crippen LogP contribution < -0.4 is 0 Å². The van der Waals surface area contributed by atoms with Crippen molar-refractivity contribution in [2.24, 2.45) is 0 Å². The number of hydrogen-bond acceptors (Lipinski definition) is 0. The van der Waals surface area contributed by atoms with Gasteiger partial charge in [-0.1, -0.05) is 36.4 Å². The Morgan fingerprint density at radius 2 is 1.46 bits per heavy atom. The summed E-state index contributed by atoms with van der Waals surface area (Å²) in [4.78, 5) is 3.77. The van der Waals surface area contributed by atoms with E-state index < -0.39 is 0 Å². The van der Waals surface area contributed by atoms with E-state index in [9.17, 15) is 0 Å². The lowest BCUT2D eigenvalue weighted by molar-refractivity contribution is 0.661. The summed E-state index contributed by atoms with van der Waals surface area (Å²) in [6.07, 6.45) is 7.41. The lowest BCUT2D eigenvalue weighted by Gasteiger charge is -2.18. The summed E-state index contributed by atoms with van der Waals surface area (Å²) in [5, 5.41) is 1.40. The molecule has 2 heteroatoms. The van der Waals surface area contributed by atoms with Crippen LogP contribution in [-0.4, -0.2) is 9.55 Å². The number of aromatic nitrogens is 2. The van der Waals surface area contributed by atoms with Gasteiger partial charge in [-0.15, -0.1) is 0 Å². The summed E-state index contributed by atoms with van der Waals surface area (Å²) in [6, 6.07) is 19.7. The Hall–Kier alpha value is -2.74. The minimum Gasteiger partial charge on any atom is -0.353 e. The predicted molar refractivity (Wildman–Crippen MR) is 107 cm³/mol. The first-order chi connectivity index (χ1) is 12.9. The van der Waals surface area contributed by atoms with Gasteiger partial charge in [0.25, 0.3) is 0 Å². The Kier molecular flexibility index (Phi) is 2.98. The van der Waals surface area contributed by atoms with Crippen molar-refractivity contribution in [2.45, 2.75) is 38.5 Å². The van der Waals surface area contributed by atoms with E-state index in [1.54, 1.807) is 16.8 Å². The largest absolute Gasteiger partial charge is 0.353 e. The van der Waals surface area contributed by atoms with Gasteiger partial charge in [-0.2, -0.15) is 0 Å². The van der Waals surface area contributed by atoms with Crippen molar-refractivity contribution in [3.8, 4) is 17.1 Å². The van der Waals surface area contributed by atoms with Gasteiger partial charge in [-0.3, -0.25) is 0 Å². The van der Waals surface area contributed by atoms with Gasteiger partial charge in [0.1, 0.15) is 0 Å². The van der Waals surface area contributed by atoms with Crippen LogP contribution in [0.4, 0.5) is 0 Å². The summed E-state index contributed by atoms with van der Waals surface area (Å²) in [7, 11) is 0. The standard InChI is InChI=1S/C24H22N2/c1-2-8-16(9-3-1)26-22-13-7-5-11-18(22)20-15-14-19-17-10-4-6-12-21(17)25-23(19)24(20)26/h1-4,6,8-10,12,25H,5,7,11,13-15H2. The van der Waals surface area contributed by atoms with Crippen molar-refractivity contribution in [1.82, 2.24) is 9.55 Å². The van der Waals surface area contributed by atoms with Crippen molar-refractivity contribution < 1.29 is 0 Å². The normalized spacial score (nSPS) is 15.5. The number of benzene rings is 2. The molecule has 0 fully saturated rings. The van der Waals surface area contributed by atoms with Crippen molar-refractivity contribution in [1.29, 1.82) is 0 Å². The SMILES string of the molecule is c1ccc(-n2c3c(c4c2-c2[nH]c5ccccc5c2CC4)CCCC3)cc1. The van der Waals surface area contributed by atoms with Crippen LogP contribution in [0.2, 0.25) is 0 Å². The molecule has 2 heterocycles. The fraction of sp³-hybridized carbons (Fsp3) is 0.250.